The van der Waals surface area contributed by atoms with Gasteiger partial charge in [0.1, 0.15) is 5.75 Å². The van der Waals surface area contributed by atoms with Gasteiger partial charge in [0.15, 0.2) is 6.61 Å². The standard InChI is InChI=1S/C27H40BrN3O2/c1-4-6-16-31(17-7-5-2)18-8-15-29-20-23-19-24(28)11-14-26(23)33-21-27(32)30-25-12-9-22(3)10-13-25/h9-14,19,29H,4-8,15-18,20-21H2,1-3H3,(H,30,32). The number of hydrogen-bond donors (Lipinski definition) is 2. The number of nitrogens with one attached hydrogen (secondary N) is 2. The first-order valence-corrected chi connectivity index (χ1v) is 13.0. The third kappa shape index (κ3) is 11.2. The summed E-state index contributed by atoms with van der Waals surface area (Å²) in [5.41, 5.74) is 2.98. The van der Waals surface area contributed by atoms with Crippen LogP contribution >= 0.6 is 15.9 Å². The zero-order valence-corrected chi connectivity index (χ0v) is 22.0. The summed E-state index contributed by atoms with van der Waals surface area (Å²) in [7, 11) is 0. The highest BCUT2D eigenvalue weighted by molar-refractivity contribution is 9.10. The van der Waals surface area contributed by atoms with Crippen LogP contribution in [-0.2, 0) is 11.3 Å². The molecule has 0 aliphatic carbocycles. The second-order valence-electron chi connectivity index (χ2n) is 8.53. The SMILES string of the molecule is CCCCN(CCCC)CCCNCc1cc(Br)ccc1OCC(=O)Nc1ccc(C)cc1. The summed E-state index contributed by atoms with van der Waals surface area (Å²) in [4.78, 5) is 14.9. The van der Waals surface area contributed by atoms with Crippen molar-refractivity contribution >= 4 is 27.5 Å². The van der Waals surface area contributed by atoms with Crippen molar-refractivity contribution in [3.05, 3.63) is 58.1 Å². The molecule has 0 heterocycles. The molecule has 0 bridgehead atoms. The normalized spacial score (nSPS) is 11.1. The summed E-state index contributed by atoms with van der Waals surface area (Å²) in [6.45, 7) is 11.7. The second kappa shape index (κ2) is 15.9. The van der Waals surface area contributed by atoms with E-state index in [1.54, 1.807) is 0 Å². The number of nitrogens with zero attached hydrogens (tertiary/aromatic N) is 1. The fraction of sp³-hybridized carbons (Fsp3) is 0.519. The van der Waals surface area contributed by atoms with E-state index in [0.29, 0.717) is 6.54 Å². The highest BCUT2D eigenvalue weighted by Gasteiger charge is 2.09. The topological polar surface area (TPSA) is 53.6 Å². The van der Waals surface area contributed by atoms with Crippen LogP contribution in [0.3, 0.4) is 0 Å². The summed E-state index contributed by atoms with van der Waals surface area (Å²) >= 11 is 3.55. The van der Waals surface area contributed by atoms with Gasteiger partial charge in [0.25, 0.3) is 5.91 Å². The van der Waals surface area contributed by atoms with E-state index >= 15 is 0 Å². The molecule has 0 saturated heterocycles. The fourth-order valence-electron chi connectivity index (χ4n) is 3.55. The van der Waals surface area contributed by atoms with E-state index in [1.165, 1.54) is 38.8 Å². The van der Waals surface area contributed by atoms with Crippen molar-refractivity contribution in [2.45, 2.75) is 59.4 Å². The van der Waals surface area contributed by atoms with Crippen molar-refractivity contribution in [2.24, 2.45) is 0 Å². The number of ether oxygens (including phenoxy) is 1. The minimum absolute atomic E-state index is 0.0215. The van der Waals surface area contributed by atoms with Gasteiger partial charge >= 0.3 is 0 Å². The molecular formula is C27H40BrN3O2. The summed E-state index contributed by atoms with van der Waals surface area (Å²) in [5, 5.41) is 6.42. The number of hydrogen-bond acceptors (Lipinski definition) is 4. The molecule has 2 rings (SSSR count). The molecule has 0 spiro atoms. The minimum Gasteiger partial charge on any atom is -0.483 e. The molecule has 33 heavy (non-hydrogen) atoms. The Morgan fingerprint density at radius 1 is 0.970 bits per heavy atom. The van der Waals surface area contributed by atoms with Gasteiger partial charge < -0.3 is 20.3 Å². The average molecular weight is 519 g/mol. The first-order chi connectivity index (χ1) is 16.0. The predicted molar refractivity (Wildman–Crippen MR) is 142 cm³/mol. The Morgan fingerprint density at radius 2 is 1.64 bits per heavy atom. The van der Waals surface area contributed by atoms with E-state index in [9.17, 15) is 4.79 Å². The van der Waals surface area contributed by atoms with Crippen LogP contribution in [0.1, 0.15) is 57.1 Å². The monoisotopic (exact) mass is 517 g/mol. The summed E-state index contributed by atoms with van der Waals surface area (Å²) in [5.74, 6) is 0.567. The Kier molecular flexibility index (Phi) is 13.1. The molecule has 5 nitrogen and oxygen atoms in total. The molecule has 0 aliphatic heterocycles. The molecule has 0 aromatic heterocycles. The van der Waals surface area contributed by atoms with Crippen LogP contribution in [0.4, 0.5) is 5.69 Å². The maximum Gasteiger partial charge on any atom is 0.262 e. The summed E-state index contributed by atoms with van der Waals surface area (Å²) in [6, 6.07) is 13.6. The van der Waals surface area contributed by atoms with E-state index in [2.05, 4.69) is 51.4 Å². The van der Waals surface area contributed by atoms with Gasteiger partial charge in [-0.15, -0.1) is 0 Å². The molecule has 2 aromatic rings. The van der Waals surface area contributed by atoms with Crippen molar-refractivity contribution in [3.8, 4) is 5.75 Å². The number of amides is 1. The third-order valence-corrected chi connectivity index (χ3v) is 6.01. The number of anilines is 1. The van der Waals surface area contributed by atoms with Crippen LogP contribution < -0.4 is 15.4 Å². The Balaban J connectivity index is 1.78. The van der Waals surface area contributed by atoms with Crippen LogP contribution in [0.5, 0.6) is 5.75 Å². The Labute approximate surface area is 208 Å². The minimum atomic E-state index is -0.167. The first-order valence-electron chi connectivity index (χ1n) is 12.2. The predicted octanol–water partition coefficient (Wildman–Crippen LogP) is 6.16. The zero-order chi connectivity index (χ0) is 23.9. The lowest BCUT2D eigenvalue weighted by Gasteiger charge is -2.22. The average Bonchev–Trinajstić information content (AvgIpc) is 2.81. The molecule has 0 unspecified atom stereocenters. The van der Waals surface area contributed by atoms with E-state index in [0.717, 1.165) is 46.5 Å². The number of carbonyl (C=O) groups excluding carboxylic acids is 1. The molecule has 0 atom stereocenters. The van der Waals surface area contributed by atoms with Crippen LogP contribution in [0.2, 0.25) is 0 Å². The quantitative estimate of drug-likeness (QED) is 0.262. The second-order valence-corrected chi connectivity index (χ2v) is 9.45. The summed E-state index contributed by atoms with van der Waals surface area (Å²) in [6.07, 6.45) is 6.16. The van der Waals surface area contributed by atoms with Gasteiger partial charge in [-0.1, -0.05) is 60.3 Å². The lowest BCUT2D eigenvalue weighted by atomic mass is 10.2. The van der Waals surface area contributed by atoms with Crippen LogP contribution in [0.15, 0.2) is 46.9 Å². The zero-order valence-electron chi connectivity index (χ0n) is 20.5. The van der Waals surface area contributed by atoms with Crippen molar-refractivity contribution in [2.75, 3.05) is 38.1 Å². The van der Waals surface area contributed by atoms with Crippen LogP contribution in [-0.4, -0.2) is 43.6 Å². The number of halogens is 1. The van der Waals surface area contributed by atoms with E-state index in [1.807, 2.05) is 43.3 Å². The molecule has 182 valence electrons. The van der Waals surface area contributed by atoms with E-state index < -0.39 is 0 Å². The summed E-state index contributed by atoms with van der Waals surface area (Å²) < 4.78 is 6.85. The highest BCUT2D eigenvalue weighted by atomic mass is 79.9. The lowest BCUT2D eigenvalue weighted by Crippen LogP contribution is -2.29. The Hall–Kier alpha value is -1.89. The van der Waals surface area contributed by atoms with Gasteiger partial charge in [-0.25, -0.2) is 0 Å². The van der Waals surface area contributed by atoms with E-state index in [4.69, 9.17) is 4.74 Å². The maximum absolute atomic E-state index is 12.3. The number of rotatable bonds is 16. The van der Waals surface area contributed by atoms with Crippen LogP contribution in [0.25, 0.3) is 0 Å². The molecule has 2 aromatic carbocycles. The van der Waals surface area contributed by atoms with Crippen molar-refractivity contribution in [1.82, 2.24) is 10.2 Å². The number of carbonyl (C=O) groups is 1. The van der Waals surface area contributed by atoms with Gasteiger partial charge in [-0.05, 0) is 82.7 Å². The van der Waals surface area contributed by atoms with Crippen molar-refractivity contribution < 1.29 is 9.53 Å². The van der Waals surface area contributed by atoms with Gasteiger partial charge in [-0.2, -0.15) is 0 Å². The van der Waals surface area contributed by atoms with Gasteiger partial charge in [0, 0.05) is 22.3 Å². The van der Waals surface area contributed by atoms with Crippen LogP contribution in [0, 0.1) is 6.92 Å². The molecule has 2 N–H and O–H groups in total. The Morgan fingerprint density at radius 3 is 2.30 bits per heavy atom. The fourth-order valence-corrected chi connectivity index (χ4v) is 3.96. The lowest BCUT2D eigenvalue weighted by molar-refractivity contribution is -0.118. The van der Waals surface area contributed by atoms with Gasteiger partial charge in [0.2, 0.25) is 0 Å². The highest BCUT2D eigenvalue weighted by Crippen LogP contribution is 2.23. The molecule has 0 aliphatic rings. The Bertz CT molecular complexity index is 819. The molecule has 0 saturated carbocycles. The largest absolute Gasteiger partial charge is 0.483 e. The third-order valence-electron chi connectivity index (χ3n) is 5.52. The smallest absolute Gasteiger partial charge is 0.262 e. The first kappa shape index (κ1) is 27.4. The van der Waals surface area contributed by atoms with Crippen molar-refractivity contribution in [1.29, 1.82) is 0 Å². The van der Waals surface area contributed by atoms with Gasteiger partial charge in [0.05, 0.1) is 0 Å². The molecular weight excluding hydrogens is 478 g/mol. The number of aryl methyl sites for hydroxylation is 1. The number of unbranched alkanes of at least 4 members (excludes halogenated alkanes) is 2. The molecule has 0 radical (unpaired) electrons. The maximum atomic E-state index is 12.3. The van der Waals surface area contributed by atoms with E-state index in [-0.39, 0.29) is 12.5 Å². The molecule has 1 amide bonds. The molecule has 6 heteroatoms. The van der Waals surface area contributed by atoms with Crippen molar-refractivity contribution in [3.63, 3.8) is 0 Å². The van der Waals surface area contributed by atoms with Gasteiger partial charge in [-0.3, -0.25) is 4.79 Å². The molecule has 0 fully saturated rings. The number of benzene rings is 2.